The van der Waals surface area contributed by atoms with E-state index < -0.39 is 0 Å². The lowest BCUT2D eigenvalue weighted by Crippen LogP contribution is -2.48. The molecular formula is C11H16ClN3O. The van der Waals surface area contributed by atoms with Crippen LogP contribution in [0.25, 0.3) is 0 Å². The molecule has 4 nitrogen and oxygen atoms in total. The average molecular weight is 242 g/mol. The number of nitrogens with one attached hydrogen (secondary N) is 1. The summed E-state index contributed by atoms with van der Waals surface area (Å²) in [5.74, 6) is 0.355. The maximum atomic E-state index is 12.1. The minimum atomic E-state index is 0.00523. The van der Waals surface area contributed by atoms with Gasteiger partial charge in [-0.1, -0.05) is 18.5 Å². The van der Waals surface area contributed by atoms with Crippen LogP contribution in [0.1, 0.15) is 23.8 Å². The van der Waals surface area contributed by atoms with Gasteiger partial charge in [-0.15, -0.1) is 0 Å². The van der Waals surface area contributed by atoms with E-state index in [1.807, 2.05) is 4.90 Å². The number of rotatable bonds is 1. The molecule has 2 heterocycles. The van der Waals surface area contributed by atoms with Gasteiger partial charge in [0.15, 0.2) is 0 Å². The first kappa shape index (κ1) is 11.5. The molecule has 0 aromatic carbocycles. The molecule has 0 radical (unpaired) electrons. The molecule has 1 aromatic rings. The summed E-state index contributed by atoms with van der Waals surface area (Å²) >= 11 is 5.77. The van der Waals surface area contributed by atoms with E-state index in [1.54, 1.807) is 12.3 Å². The Morgan fingerprint density at radius 1 is 1.69 bits per heavy atom. The van der Waals surface area contributed by atoms with Crippen LogP contribution >= 0.6 is 11.6 Å². The van der Waals surface area contributed by atoms with Crippen LogP contribution in [0.15, 0.2) is 12.3 Å². The summed E-state index contributed by atoms with van der Waals surface area (Å²) in [7, 11) is 0. The molecule has 2 unspecified atom stereocenters. The minimum Gasteiger partial charge on any atom is -0.356 e. The zero-order chi connectivity index (χ0) is 11.7. The Labute approximate surface area is 99.8 Å². The Balaban J connectivity index is 2.06. The van der Waals surface area contributed by atoms with Crippen molar-refractivity contribution in [2.45, 2.75) is 19.4 Å². The van der Waals surface area contributed by atoms with Crippen LogP contribution in [0.2, 0.25) is 5.02 Å². The minimum absolute atomic E-state index is 0.00523. The molecule has 3 N–H and O–H groups in total. The van der Waals surface area contributed by atoms with Crippen LogP contribution < -0.4 is 5.73 Å². The van der Waals surface area contributed by atoms with E-state index in [2.05, 4.69) is 11.9 Å². The van der Waals surface area contributed by atoms with E-state index in [-0.39, 0.29) is 11.9 Å². The number of piperidine rings is 1. The van der Waals surface area contributed by atoms with Gasteiger partial charge in [0, 0.05) is 25.3 Å². The molecule has 1 aromatic heterocycles. The van der Waals surface area contributed by atoms with Crippen LogP contribution in [0, 0.1) is 5.92 Å². The summed E-state index contributed by atoms with van der Waals surface area (Å²) in [5.41, 5.74) is 6.47. The molecule has 0 aliphatic carbocycles. The maximum absolute atomic E-state index is 12.1. The van der Waals surface area contributed by atoms with Crippen molar-refractivity contribution < 1.29 is 4.79 Å². The Kier molecular flexibility index (Phi) is 3.21. The van der Waals surface area contributed by atoms with Crippen LogP contribution in [-0.4, -0.2) is 34.9 Å². The van der Waals surface area contributed by atoms with Crippen molar-refractivity contribution in [2.24, 2.45) is 11.7 Å². The largest absolute Gasteiger partial charge is 0.356 e. The van der Waals surface area contributed by atoms with Gasteiger partial charge in [0.2, 0.25) is 0 Å². The molecule has 2 atom stereocenters. The SMILES string of the molecule is CC1CN(C(=O)c2cc(Cl)c[nH]2)CCC1N. The molecule has 16 heavy (non-hydrogen) atoms. The summed E-state index contributed by atoms with van der Waals surface area (Å²) < 4.78 is 0. The second kappa shape index (κ2) is 4.47. The Bertz CT molecular complexity index is 390. The Hall–Kier alpha value is -1.00. The third kappa shape index (κ3) is 2.23. The molecule has 2 rings (SSSR count). The van der Waals surface area contributed by atoms with E-state index in [4.69, 9.17) is 17.3 Å². The van der Waals surface area contributed by atoms with Gasteiger partial charge in [-0.05, 0) is 18.4 Å². The first-order valence-corrected chi connectivity index (χ1v) is 5.84. The van der Waals surface area contributed by atoms with E-state index in [9.17, 15) is 4.79 Å². The van der Waals surface area contributed by atoms with Crippen molar-refractivity contribution in [1.29, 1.82) is 0 Å². The van der Waals surface area contributed by atoms with Crippen molar-refractivity contribution in [3.63, 3.8) is 0 Å². The standard InChI is InChI=1S/C11H16ClN3O/c1-7-6-15(3-2-9(7)13)11(16)10-4-8(12)5-14-10/h4-5,7,9,14H,2-3,6,13H2,1H3. The Morgan fingerprint density at radius 3 is 3.00 bits per heavy atom. The van der Waals surface area contributed by atoms with Gasteiger partial charge in [-0.3, -0.25) is 4.79 Å². The zero-order valence-corrected chi connectivity index (χ0v) is 10.00. The van der Waals surface area contributed by atoms with Crippen LogP contribution in [0.5, 0.6) is 0 Å². The highest BCUT2D eigenvalue weighted by atomic mass is 35.5. The second-order valence-electron chi connectivity index (χ2n) is 4.41. The monoisotopic (exact) mass is 241 g/mol. The van der Waals surface area contributed by atoms with Crippen LogP contribution in [-0.2, 0) is 0 Å². The molecule has 0 spiro atoms. The number of amides is 1. The van der Waals surface area contributed by atoms with Crippen molar-refractivity contribution >= 4 is 17.5 Å². The van der Waals surface area contributed by atoms with Gasteiger partial charge in [0.25, 0.3) is 5.91 Å². The van der Waals surface area contributed by atoms with Gasteiger partial charge < -0.3 is 15.6 Å². The molecule has 0 saturated carbocycles. The number of hydrogen-bond donors (Lipinski definition) is 2. The number of carbonyl (C=O) groups is 1. The fraction of sp³-hybridized carbons (Fsp3) is 0.545. The molecule has 5 heteroatoms. The van der Waals surface area contributed by atoms with Gasteiger partial charge in [-0.25, -0.2) is 0 Å². The molecule has 1 aliphatic rings. The molecule has 1 amide bonds. The predicted octanol–water partition coefficient (Wildman–Crippen LogP) is 1.48. The molecular weight excluding hydrogens is 226 g/mol. The van der Waals surface area contributed by atoms with Crippen LogP contribution in [0.3, 0.4) is 0 Å². The van der Waals surface area contributed by atoms with Gasteiger partial charge >= 0.3 is 0 Å². The fourth-order valence-electron chi connectivity index (χ4n) is 2.01. The number of nitrogens with two attached hydrogens (primary N) is 1. The van der Waals surface area contributed by atoms with Gasteiger partial charge in [-0.2, -0.15) is 0 Å². The normalized spacial score (nSPS) is 25.8. The highest BCUT2D eigenvalue weighted by Crippen LogP contribution is 2.18. The van der Waals surface area contributed by atoms with Crippen molar-refractivity contribution in [2.75, 3.05) is 13.1 Å². The summed E-state index contributed by atoms with van der Waals surface area (Å²) in [6.45, 7) is 3.52. The fourth-order valence-corrected chi connectivity index (χ4v) is 2.17. The third-order valence-electron chi connectivity index (χ3n) is 3.14. The first-order chi connectivity index (χ1) is 7.58. The lowest BCUT2D eigenvalue weighted by Gasteiger charge is -2.34. The number of likely N-dealkylation sites (tertiary alicyclic amines) is 1. The van der Waals surface area contributed by atoms with Crippen molar-refractivity contribution in [3.05, 3.63) is 23.0 Å². The van der Waals surface area contributed by atoms with Crippen LogP contribution in [0.4, 0.5) is 0 Å². The van der Waals surface area contributed by atoms with Crippen molar-refractivity contribution in [3.8, 4) is 0 Å². The molecule has 88 valence electrons. The van der Waals surface area contributed by atoms with Gasteiger partial charge in [0.1, 0.15) is 5.69 Å². The summed E-state index contributed by atoms with van der Waals surface area (Å²) in [6, 6.07) is 1.86. The van der Waals surface area contributed by atoms with Crippen molar-refractivity contribution in [1.82, 2.24) is 9.88 Å². The molecule has 0 bridgehead atoms. The highest BCUT2D eigenvalue weighted by molar-refractivity contribution is 6.30. The number of hydrogen-bond acceptors (Lipinski definition) is 2. The highest BCUT2D eigenvalue weighted by Gasteiger charge is 2.27. The topological polar surface area (TPSA) is 62.1 Å². The van der Waals surface area contributed by atoms with E-state index in [0.29, 0.717) is 16.6 Å². The number of aromatic nitrogens is 1. The number of halogens is 1. The predicted molar refractivity (Wildman–Crippen MR) is 63.5 cm³/mol. The average Bonchev–Trinajstić information content (AvgIpc) is 2.68. The van der Waals surface area contributed by atoms with E-state index in [0.717, 1.165) is 19.5 Å². The molecule has 1 saturated heterocycles. The third-order valence-corrected chi connectivity index (χ3v) is 3.36. The number of aromatic amines is 1. The molecule has 1 fully saturated rings. The summed E-state index contributed by atoms with van der Waals surface area (Å²) in [6.07, 6.45) is 2.48. The number of nitrogens with zero attached hydrogens (tertiary/aromatic N) is 1. The maximum Gasteiger partial charge on any atom is 0.270 e. The lowest BCUT2D eigenvalue weighted by atomic mass is 9.94. The second-order valence-corrected chi connectivity index (χ2v) is 4.85. The quantitative estimate of drug-likeness (QED) is 0.782. The van der Waals surface area contributed by atoms with Gasteiger partial charge in [0.05, 0.1) is 5.02 Å². The molecule has 1 aliphatic heterocycles. The summed E-state index contributed by atoms with van der Waals surface area (Å²) in [4.78, 5) is 16.8. The number of carbonyl (C=O) groups excluding carboxylic acids is 1. The Morgan fingerprint density at radius 2 is 2.44 bits per heavy atom. The smallest absolute Gasteiger partial charge is 0.270 e. The lowest BCUT2D eigenvalue weighted by molar-refractivity contribution is 0.0659. The number of H-pyrrole nitrogens is 1. The summed E-state index contributed by atoms with van der Waals surface area (Å²) in [5, 5.41) is 0.560. The van der Waals surface area contributed by atoms with E-state index >= 15 is 0 Å². The first-order valence-electron chi connectivity index (χ1n) is 5.46. The zero-order valence-electron chi connectivity index (χ0n) is 9.24. The van der Waals surface area contributed by atoms with E-state index in [1.165, 1.54) is 0 Å².